The summed E-state index contributed by atoms with van der Waals surface area (Å²) in [6, 6.07) is 8.51. The predicted octanol–water partition coefficient (Wildman–Crippen LogP) is 3.64. The van der Waals surface area contributed by atoms with E-state index in [1.54, 1.807) is 18.2 Å². The number of aromatic nitrogens is 1. The number of benzene rings is 1. The first-order chi connectivity index (χ1) is 8.54. The van der Waals surface area contributed by atoms with Gasteiger partial charge in [-0.25, -0.2) is 0 Å². The number of hydrogen-bond acceptors (Lipinski definition) is 2. The first kappa shape index (κ1) is 12.1. The van der Waals surface area contributed by atoms with E-state index >= 15 is 0 Å². The van der Waals surface area contributed by atoms with E-state index in [4.69, 9.17) is 5.26 Å². The van der Waals surface area contributed by atoms with Crippen molar-refractivity contribution < 1.29 is 13.2 Å². The molecule has 0 atom stereocenters. The fourth-order valence-electron chi connectivity index (χ4n) is 1.67. The molecule has 0 aliphatic rings. The Hall–Kier alpha value is -2.35. The van der Waals surface area contributed by atoms with E-state index < -0.39 is 11.7 Å². The Balaban J connectivity index is 2.68. The summed E-state index contributed by atoms with van der Waals surface area (Å²) in [7, 11) is 0. The molecule has 0 bridgehead atoms. The van der Waals surface area contributed by atoms with Crippen LogP contribution in [0.15, 0.2) is 42.7 Å². The lowest BCUT2D eigenvalue weighted by molar-refractivity contribution is -0.137. The SMILES string of the molecule is N#Cc1c(-c2cccnc2)cccc1C(F)(F)F. The maximum Gasteiger partial charge on any atom is 0.417 e. The molecule has 1 aromatic heterocycles. The van der Waals surface area contributed by atoms with Gasteiger partial charge in [0.05, 0.1) is 11.1 Å². The number of nitrogens with zero attached hydrogens (tertiary/aromatic N) is 2. The molecule has 2 aromatic rings. The van der Waals surface area contributed by atoms with Crippen molar-refractivity contribution in [2.24, 2.45) is 0 Å². The van der Waals surface area contributed by atoms with Crippen molar-refractivity contribution in [1.82, 2.24) is 4.98 Å². The Labute approximate surface area is 101 Å². The molecule has 0 saturated heterocycles. The summed E-state index contributed by atoms with van der Waals surface area (Å²) >= 11 is 0. The van der Waals surface area contributed by atoms with Crippen molar-refractivity contribution >= 4 is 0 Å². The van der Waals surface area contributed by atoms with E-state index in [0.29, 0.717) is 5.56 Å². The molecular formula is C13H7F3N2. The minimum atomic E-state index is -4.54. The fraction of sp³-hybridized carbons (Fsp3) is 0.0769. The van der Waals surface area contributed by atoms with Crippen molar-refractivity contribution in [1.29, 1.82) is 5.26 Å². The van der Waals surface area contributed by atoms with Crippen LogP contribution in [0.5, 0.6) is 0 Å². The molecule has 0 amide bonds. The highest BCUT2D eigenvalue weighted by atomic mass is 19.4. The summed E-state index contributed by atoms with van der Waals surface area (Å²) in [5.41, 5.74) is -0.579. The molecule has 0 aliphatic carbocycles. The molecule has 0 radical (unpaired) electrons. The molecular weight excluding hydrogens is 241 g/mol. The molecule has 1 aromatic carbocycles. The van der Waals surface area contributed by atoms with Gasteiger partial charge in [-0.2, -0.15) is 18.4 Å². The van der Waals surface area contributed by atoms with E-state index in [0.717, 1.165) is 6.07 Å². The molecule has 0 spiro atoms. The predicted molar refractivity (Wildman–Crippen MR) is 59.4 cm³/mol. The second-order valence-electron chi connectivity index (χ2n) is 3.58. The van der Waals surface area contributed by atoms with Crippen LogP contribution in [0, 0.1) is 11.3 Å². The lowest BCUT2D eigenvalue weighted by atomic mass is 9.97. The molecule has 0 aliphatic heterocycles. The molecule has 18 heavy (non-hydrogen) atoms. The first-order valence-electron chi connectivity index (χ1n) is 5.04. The van der Waals surface area contributed by atoms with Crippen LogP contribution in [0.2, 0.25) is 0 Å². The highest BCUT2D eigenvalue weighted by Crippen LogP contribution is 2.35. The quantitative estimate of drug-likeness (QED) is 0.772. The van der Waals surface area contributed by atoms with Crippen molar-refractivity contribution in [3.8, 4) is 17.2 Å². The Bertz CT molecular complexity index is 598. The number of hydrogen-bond donors (Lipinski definition) is 0. The summed E-state index contributed by atoms with van der Waals surface area (Å²) in [5, 5.41) is 8.95. The topological polar surface area (TPSA) is 36.7 Å². The lowest BCUT2D eigenvalue weighted by Gasteiger charge is -2.11. The molecule has 5 heteroatoms. The number of rotatable bonds is 1. The van der Waals surface area contributed by atoms with Crippen molar-refractivity contribution in [3.05, 3.63) is 53.9 Å². The highest BCUT2D eigenvalue weighted by molar-refractivity contribution is 5.71. The van der Waals surface area contributed by atoms with Crippen LogP contribution >= 0.6 is 0 Å². The van der Waals surface area contributed by atoms with E-state index in [2.05, 4.69) is 4.98 Å². The average molecular weight is 248 g/mol. The van der Waals surface area contributed by atoms with Crippen LogP contribution in [0.4, 0.5) is 13.2 Å². The van der Waals surface area contributed by atoms with Crippen LogP contribution in [0.25, 0.3) is 11.1 Å². The second kappa shape index (κ2) is 4.49. The summed E-state index contributed by atoms with van der Waals surface area (Å²) in [6.07, 6.45) is -1.59. The van der Waals surface area contributed by atoms with Gasteiger partial charge in [0.2, 0.25) is 0 Å². The van der Waals surface area contributed by atoms with Gasteiger partial charge in [0, 0.05) is 23.5 Å². The van der Waals surface area contributed by atoms with Gasteiger partial charge in [0.25, 0.3) is 0 Å². The van der Waals surface area contributed by atoms with Gasteiger partial charge in [-0.3, -0.25) is 4.98 Å². The molecule has 0 fully saturated rings. The molecule has 90 valence electrons. The van der Waals surface area contributed by atoms with E-state index in [1.807, 2.05) is 0 Å². The van der Waals surface area contributed by atoms with Gasteiger partial charge < -0.3 is 0 Å². The van der Waals surface area contributed by atoms with Gasteiger partial charge in [-0.1, -0.05) is 18.2 Å². The number of pyridine rings is 1. The van der Waals surface area contributed by atoms with Crippen molar-refractivity contribution in [2.75, 3.05) is 0 Å². The van der Waals surface area contributed by atoms with Gasteiger partial charge in [-0.15, -0.1) is 0 Å². The Kier molecular flexibility index (Phi) is 3.02. The van der Waals surface area contributed by atoms with Crippen LogP contribution < -0.4 is 0 Å². The normalized spacial score (nSPS) is 11.0. The van der Waals surface area contributed by atoms with E-state index in [1.165, 1.54) is 24.5 Å². The zero-order chi connectivity index (χ0) is 13.2. The van der Waals surface area contributed by atoms with E-state index in [9.17, 15) is 13.2 Å². The summed E-state index contributed by atoms with van der Waals surface area (Å²) in [6.45, 7) is 0. The van der Waals surface area contributed by atoms with Gasteiger partial charge >= 0.3 is 6.18 Å². The first-order valence-corrected chi connectivity index (χ1v) is 5.04. The minimum absolute atomic E-state index is 0.237. The number of alkyl halides is 3. The average Bonchev–Trinajstić information content (AvgIpc) is 2.37. The maximum atomic E-state index is 12.8. The summed E-state index contributed by atoms with van der Waals surface area (Å²) < 4.78 is 38.3. The third-order valence-electron chi connectivity index (χ3n) is 2.45. The third kappa shape index (κ3) is 2.18. The van der Waals surface area contributed by atoms with Crippen molar-refractivity contribution in [3.63, 3.8) is 0 Å². The molecule has 2 nitrogen and oxygen atoms in total. The number of halogens is 3. The van der Waals surface area contributed by atoms with E-state index in [-0.39, 0.29) is 11.1 Å². The Morgan fingerprint density at radius 1 is 1.11 bits per heavy atom. The summed E-state index contributed by atoms with van der Waals surface area (Å²) in [5.74, 6) is 0. The van der Waals surface area contributed by atoms with Crippen LogP contribution in [-0.2, 0) is 6.18 Å². The fourth-order valence-corrected chi connectivity index (χ4v) is 1.67. The molecule has 0 N–H and O–H groups in total. The minimum Gasteiger partial charge on any atom is -0.264 e. The largest absolute Gasteiger partial charge is 0.417 e. The monoisotopic (exact) mass is 248 g/mol. The molecule has 2 rings (SSSR count). The smallest absolute Gasteiger partial charge is 0.264 e. The number of nitriles is 1. The Morgan fingerprint density at radius 3 is 2.44 bits per heavy atom. The van der Waals surface area contributed by atoms with Gasteiger partial charge in [0.15, 0.2) is 0 Å². The second-order valence-corrected chi connectivity index (χ2v) is 3.58. The summed E-state index contributed by atoms with van der Waals surface area (Å²) in [4.78, 5) is 3.84. The van der Waals surface area contributed by atoms with Crippen LogP contribution in [-0.4, -0.2) is 4.98 Å². The standard InChI is InChI=1S/C13H7F3N2/c14-13(15,16)12-5-1-4-10(11(12)7-17)9-3-2-6-18-8-9/h1-6,8H. The zero-order valence-electron chi connectivity index (χ0n) is 9.07. The van der Waals surface area contributed by atoms with Gasteiger partial charge in [-0.05, 0) is 12.1 Å². The molecule has 0 saturated carbocycles. The maximum absolute atomic E-state index is 12.8. The van der Waals surface area contributed by atoms with Crippen LogP contribution in [0.1, 0.15) is 11.1 Å². The molecule has 1 heterocycles. The third-order valence-corrected chi connectivity index (χ3v) is 2.45. The van der Waals surface area contributed by atoms with Crippen LogP contribution in [0.3, 0.4) is 0 Å². The van der Waals surface area contributed by atoms with Gasteiger partial charge in [0.1, 0.15) is 6.07 Å². The lowest BCUT2D eigenvalue weighted by Crippen LogP contribution is -2.08. The molecule has 0 unspecified atom stereocenters. The highest BCUT2D eigenvalue weighted by Gasteiger charge is 2.34. The van der Waals surface area contributed by atoms with Crippen molar-refractivity contribution in [2.45, 2.75) is 6.18 Å². The zero-order valence-corrected chi connectivity index (χ0v) is 9.07. The Morgan fingerprint density at radius 2 is 1.89 bits per heavy atom.